The fourth-order valence-electron chi connectivity index (χ4n) is 2.89. The molecule has 3 heteroatoms. The number of hydrogen-bond acceptors (Lipinski definition) is 2. The Morgan fingerprint density at radius 1 is 1.21 bits per heavy atom. The number of rotatable bonds is 5. The molecule has 1 aromatic rings. The summed E-state index contributed by atoms with van der Waals surface area (Å²) in [5.41, 5.74) is 0.811. The van der Waals surface area contributed by atoms with Gasteiger partial charge >= 0.3 is 0 Å². The van der Waals surface area contributed by atoms with Crippen LogP contribution in [-0.2, 0) is 0 Å². The summed E-state index contributed by atoms with van der Waals surface area (Å²) in [7, 11) is 0. The smallest absolute Gasteiger partial charge is 0.0771 e. The van der Waals surface area contributed by atoms with Gasteiger partial charge in [-0.25, -0.2) is 0 Å². The van der Waals surface area contributed by atoms with Crippen molar-refractivity contribution in [3.05, 3.63) is 34.3 Å². The van der Waals surface area contributed by atoms with Gasteiger partial charge in [0.2, 0.25) is 0 Å². The summed E-state index contributed by atoms with van der Waals surface area (Å²) in [5, 5.41) is 14.1. The second-order valence-corrected chi connectivity index (χ2v) is 6.59. The van der Waals surface area contributed by atoms with Crippen molar-refractivity contribution in [3.8, 4) is 0 Å². The molecule has 0 spiro atoms. The number of benzene rings is 1. The van der Waals surface area contributed by atoms with Crippen LogP contribution in [0.15, 0.2) is 28.7 Å². The Bertz CT molecular complexity index is 384. The fourth-order valence-corrected chi connectivity index (χ4v) is 3.16. The van der Waals surface area contributed by atoms with Crippen LogP contribution in [-0.4, -0.2) is 17.3 Å². The second kappa shape index (κ2) is 6.87. The summed E-state index contributed by atoms with van der Waals surface area (Å²) in [4.78, 5) is 0. The van der Waals surface area contributed by atoms with Crippen LogP contribution >= 0.6 is 15.9 Å². The SMILES string of the molecule is CCC(NCC1(O)CCCCC1)c1ccc(Br)cc1. The highest BCUT2D eigenvalue weighted by Gasteiger charge is 2.29. The van der Waals surface area contributed by atoms with Gasteiger partial charge in [-0.05, 0) is 37.0 Å². The van der Waals surface area contributed by atoms with Crippen molar-refractivity contribution in [3.63, 3.8) is 0 Å². The highest BCUT2D eigenvalue weighted by Crippen LogP contribution is 2.28. The minimum Gasteiger partial charge on any atom is -0.389 e. The summed E-state index contributed by atoms with van der Waals surface area (Å²) in [5.74, 6) is 0. The highest BCUT2D eigenvalue weighted by molar-refractivity contribution is 9.10. The van der Waals surface area contributed by atoms with Crippen molar-refractivity contribution in [2.24, 2.45) is 0 Å². The average molecular weight is 326 g/mol. The molecule has 2 N–H and O–H groups in total. The Kier molecular flexibility index (Phi) is 5.43. The maximum atomic E-state index is 10.5. The van der Waals surface area contributed by atoms with Crippen LogP contribution < -0.4 is 5.32 Å². The molecular weight excluding hydrogens is 302 g/mol. The molecule has 0 aromatic heterocycles. The topological polar surface area (TPSA) is 32.3 Å². The zero-order chi connectivity index (χ0) is 13.7. The summed E-state index contributed by atoms with van der Waals surface area (Å²) >= 11 is 3.47. The van der Waals surface area contributed by atoms with Gasteiger partial charge in [0.05, 0.1) is 5.60 Å². The van der Waals surface area contributed by atoms with E-state index < -0.39 is 5.60 Å². The molecule has 2 nitrogen and oxygen atoms in total. The van der Waals surface area contributed by atoms with Gasteiger partial charge in [-0.3, -0.25) is 0 Å². The lowest BCUT2D eigenvalue weighted by Crippen LogP contribution is -2.43. The monoisotopic (exact) mass is 325 g/mol. The molecule has 106 valence electrons. The van der Waals surface area contributed by atoms with Crippen LogP contribution in [0.5, 0.6) is 0 Å². The summed E-state index contributed by atoms with van der Waals surface area (Å²) in [6.07, 6.45) is 6.51. The summed E-state index contributed by atoms with van der Waals surface area (Å²) < 4.78 is 1.11. The lowest BCUT2D eigenvalue weighted by molar-refractivity contribution is 0.00248. The van der Waals surface area contributed by atoms with E-state index in [-0.39, 0.29) is 0 Å². The molecule has 0 radical (unpaired) electrons. The predicted octanol–water partition coefficient (Wildman–Crippen LogP) is 4.19. The van der Waals surface area contributed by atoms with Crippen molar-refractivity contribution in [2.75, 3.05) is 6.54 Å². The molecule has 1 aliphatic carbocycles. The average Bonchev–Trinajstić information content (AvgIpc) is 2.42. The van der Waals surface area contributed by atoms with Crippen molar-refractivity contribution < 1.29 is 5.11 Å². The van der Waals surface area contributed by atoms with E-state index in [0.29, 0.717) is 12.6 Å². The standard InChI is InChI=1S/C16H24BrNO/c1-2-15(13-6-8-14(17)9-7-13)18-12-16(19)10-4-3-5-11-16/h6-9,15,18-19H,2-5,10-12H2,1H3. The Hall–Kier alpha value is -0.380. The summed E-state index contributed by atoms with van der Waals surface area (Å²) in [6, 6.07) is 8.79. The van der Waals surface area contributed by atoms with Crippen LogP contribution in [0.1, 0.15) is 57.1 Å². The van der Waals surface area contributed by atoms with Crippen LogP contribution in [0, 0.1) is 0 Å². The zero-order valence-corrected chi connectivity index (χ0v) is 13.2. The van der Waals surface area contributed by atoms with Crippen molar-refractivity contribution >= 4 is 15.9 Å². The molecule has 0 heterocycles. The molecular formula is C16H24BrNO. The van der Waals surface area contributed by atoms with Crippen LogP contribution in [0.3, 0.4) is 0 Å². The lowest BCUT2D eigenvalue weighted by Gasteiger charge is -2.34. The molecule has 2 rings (SSSR count). The van der Waals surface area contributed by atoms with Gasteiger partial charge in [-0.1, -0.05) is 54.2 Å². The largest absolute Gasteiger partial charge is 0.389 e. The Labute approximate surface area is 124 Å². The lowest BCUT2D eigenvalue weighted by atomic mass is 9.84. The minimum atomic E-state index is -0.485. The molecule has 1 atom stereocenters. The minimum absolute atomic E-state index is 0.332. The molecule has 1 aliphatic rings. The van der Waals surface area contributed by atoms with E-state index in [4.69, 9.17) is 0 Å². The Morgan fingerprint density at radius 2 is 1.84 bits per heavy atom. The third-order valence-corrected chi connectivity index (χ3v) is 4.67. The number of hydrogen-bond donors (Lipinski definition) is 2. The molecule has 0 amide bonds. The van der Waals surface area contributed by atoms with Gasteiger partial charge in [0.25, 0.3) is 0 Å². The highest BCUT2D eigenvalue weighted by atomic mass is 79.9. The molecule has 1 saturated carbocycles. The number of nitrogens with one attached hydrogen (secondary N) is 1. The number of halogens is 1. The van der Waals surface area contributed by atoms with E-state index in [1.165, 1.54) is 12.0 Å². The third-order valence-electron chi connectivity index (χ3n) is 4.14. The maximum absolute atomic E-state index is 10.5. The zero-order valence-electron chi connectivity index (χ0n) is 11.7. The first-order chi connectivity index (χ1) is 9.13. The van der Waals surface area contributed by atoms with E-state index in [2.05, 4.69) is 52.4 Å². The van der Waals surface area contributed by atoms with Gasteiger partial charge < -0.3 is 10.4 Å². The van der Waals surface area contributed by atoms with E-state index >= 15 is 0 Å². The van der Waals surface area contributed by atoms with Crippen LogP contribution in [0.4, 0.5) is 0 Å². The van der Waals surface area contributed by atoms with Gasteiger partial charge in [0.1, 0.15) is 0 Å². The van der Waals surface area contributed by atoms with E-state index in [1.807, 2.05) is 0 Å². The van der Waals surface area contributed by atoms with Gasteiger partial charge in [0.15, 0.2) is 0 Å². The molecule has 1 aromatic carbocycles. The fraction of sp³-hybridized carbons (Fsp3) is 0.625. The molecule has 1 fully saturated rings. The molecule has 1 unspecified atom stereocenters. The van der Waals surface area contributed by atoms with Gasteiger partial charge in [-0.15, -0.1) is 0 Å². The Morgan fingerprint density at radius 3 is 2.42 bits per heavy atom. The van der Waals surface area contributed by atoms with Crippen molar-refractivity contribution in [1.82, 2.24) is 5.32 Å². The van der Waals surface area contributed by atoms with E-state index in [0.717, 1.165) is 36.6 Å². The molecule has 0 bridgehead atoms. The van der Waals surface area contributed by atoms with Crippen molar-refractivity contribution in [2.45, 2.75) is 57.1 Å². The van der Waals surface area contributed by atoms with Crippen LogP contribution in [0.2, 0.25) is 0 Å². The van der Waals surface area contributed by atoms with Crippen LogP contribution in [0.25, 0.3) is 0 Å². The number of aliphatic hydroxyl groups is 1. The van der Waals surface area contributed by atoms with Gasteiger partial charge in [0, 0.05) is 17.1 Å². The maximum Gasteiger partial charge on any atom is 0.0771 e. The normalized spacial score (nSPS) is 20.2. The third kappa shape index (κ3) is 4.30. The Balaban J connectivity index is 1.93. The first-order valence-corrected chi connectivity index (χ1v) is 8.13. The van der Waals surface area contributed by atoms with Gasteiger partial charge in [-0.2, -0.15) is 0 Å². The predicted molar refractivity (Wildman–Crippen MR) is 83.2 cm³/mol. The quantitative estimate of drug-likeness (QED) is 0.850. The summed E-state index contributed by atoms with van der Waals surface area (Å²) in [6.45, 7) is 2.90. The van der Waals surface area contributed by atoms with E-state index in [1.54, 1.807) is 0 Å². The molecule has 19 heavy (non-hydrogen) atoms. The first kappa shape index (κ1) is 15.0. The van der Waals surface area contributed by atoms with Crippen molar-refractivity contribution in [1.29, 1.82) is 0 Å². The molecule has 0 saturated heterocycles. The van der Waals surface area contributed by atoms with E-state index in [9.17, 15) is 5.11 Å². The molecule has 0 aliphatic heterocycles. The second-order valence-electron chi connectivity index (χ2n) is 5.68. The first-order valence-electron chi connectivity index (χ1n) is 7.34.